The van der Waals surface area contributed by atoms with Crippen LogP contribution in [0.5, 0.6) is 0 Å². The summed E-state index contributed by atoms with van der Waals surface area (Å²) in [5.74, 6) is -0.491. The van der Waals surface area contributed by atoms with Crippen molar-refractivity contribution in [1.29, 1.82) is 0 Å². The molecular weight excluding hydrogens is 336 g/mol. The van der Waals surface area contributed by atoms with E-state index in [2.05, 4.69) is 15.8 Å². The number of amides is 1. The maximum atomic E-state index is 12.2. The number of hydrogen-bond acceptors (Lipinski definition) is 7. The molecule has 1 aromatic carbocycles. The topological polar surface area (TPSA) is 115 Å². The molecule has 1 unspecified atom stereocenters. The van der Waals surface area contributed by atoms with Gasteiger partial charge in [-0.15, -0.1) is 0 Å². The Kier molecular flexibility index (Phi) is 8.05. The molecule has 1 amide bonds. The van der Waals surface area contributed by atoms with Crippen LogP contribution in [0.25, 0.3) is 0 Å². The molecule has 8 heteroatoms. The van der Waals surface area contributed by atoms with Crippen LogP contribution in [0.1, 0.15) is 40.2 Å². The van der Waals surface area contributed by atoms with E-state index in [9.17, 15) is 9.59 Å². The number of para-hydroxylation sites is 1. The molecule has 144 valence electrons. The largest absolute Gasteiger partial charge is 0.465 e. The van der Waals surface area contributed by atoms with E-state index < -0.39 is 23.7 Å². The lowest BCUT2D eigenvalue weighted by Gasteiger charge is -2.20. The molecule has 0 bridgehead atoms. The third kappa shape index (κ3) is 7.52. The number of esters is 1. The van der Waals surface area contributed by atoms with Gasteiger partial charge in [-0.1, -0.05) is 18.2 Å². The normalized spacial score (nSPS) is 13.0. The zero-order valence-electron chi connectivity index (χ0n) is 16.0. The Morgan fingerprint density at radius 3 is 2.50 bits per heavy atom. The van der Waals surface area contributed by atoms with Crippen LogP contribution in [0.15, 0.2) is 29.4 Å². The summed E-state index contributed by atoms with van der Waals surface area (Å²) < 4.78 is 10.2. The zero-order valence-corrected chi connectivity index (χ0v) is 16.0. The molecular formula is C18H28N4O4. The molecule has 1 atom stereocenters. The van der Waals surface area contributed by atoms with Gasteiger partial charge >= 0.3 is 12.1 Å². The van der Waals surface area contributed by atoms with Crippen LogP contribution in [0, 0.1) is 0 Å². The second kappa shape index (κ2) is 9.76. The Bertz CT molecular complexity index is 653. The number of nitrogen functional groups attached to an aromatic ring is 1. The molecule has 0 saturated carbocycles. The molecule has 8 nitrogen and oxygen atoms in total. The Morgan fingerprint density at radius 1 is 1.27 bits per heavy atom. The van der Waals surface area contributed by atoms with Gasteiger partial charge < -0.3 is 15.2 Å². The second-order valence-corrected chi connectivity index (χ2v) is 6.63. The number of anilines is 1. The quantitative estimate of drug-likeness (QED) is 0.296. The minimum atomic E-state index is -0.829. The maximum Gasteiger partial charge on any atom is 0.428 e. The number of carbonyl (C=O) groups excluding carboxylic acids is 2. The number of hydrazone groups is 1. The number of ether oxygens (including phenoxy) is 2. The number of carbonyl (C=O) groups is 2. The summed E-state index contributed by atoms with van der Waals surface area (Å²) in [4.78, 5) is 23.9. The van der Waals surface area contributed by atoms with Crippen molar-refractivity contribution < 1.29 is 19.1 Å². The van der Waals surface area contributed by atoms with Crippen molar-refractivity contribution >= 4 is 23.5 Å². The van der Waals surface area contributed by atoms with E-state index in [4.69, 9.17) is 15.2 Å². The van der Waals surface area contributed by atoms with Gasteiger partial charge in [-0.3, -0.25) is 5.32 Å². The van der Waals surface area contributed by atoms with Crippen molar-refractivity contribution in [3.8, 4) is 0 Å². The Balaban J connectivity index is 2.81. The number of nitrogens with two attached hydrogens (primary N) is 1. The first-order valence-electron chi connectivity index (χ1n) is 8.40. The van der Waals surface area contributed by atoms with Gasteiger partial charge in [-0.25, -0.2) is 15.0 Å². The van der Waals surface area contributed by atoms with E-state index in [1.807, 2.05) is 18.2 Å². The van der Waals surface area contributed by atoms with Gasteiger partial charge in [0.25, 0.3) is 0 Å². The number of hydrogen-bond donors (Lipinski definition) is 3. The van der Waals surface area contributed by atoms with E-state index in [-0.39, 0.29) is 6.61 Å². The SMILES string of the molecule is CCOC(=O)C(NCc1ccccc1N)/C(C)=N/NC(=O)OC(C)(C)C. The molecule has 0 radical (unpaired) electrons. The minimum absolute atomic E-state index is 0.233. The van der Waals surface area contributed by atoms with Crippen molar-refractivity contribution in [1.82, 2.24) is 10.7 Å². The van der Waals surface area contributed by atoms with Gasteiger partial charge in [0.1, 0.15) is 11.6 Å². The molecule has 0 fully saturated rings. The van der Waals surface area contributed by atoms with E-state index in [1.165, 1.54) is 0 Å². The van der Waals surface area contributed by atoms with Crippen molar-refractivity contribution in [2.75, 3.05) is 12.3 Å². The lowest BCUT2D eigenvalue weighted by Crippen LogP contribution is -2.44. The van der Waals surface area contributed by atoms with Gasteiger partial charge in [0.2, 0.25) is 0 Å². The summed E-state index contributed by atoms with van der Waals surface area (Å²) in [6.07, 6.45) is -0.702. The summed E-state index contributed by atoms with van der Waals surface area (Å²) in [6.45, 7) is 9.14. The summed E-state index contributed by atoms with van der Waals surface area (Å²) >= 11 is 0. The first kappa shape index (κ1) is 21.4. The van der Waals surface area contributed by atoms with Gasteiger partial charge in [0, 0.05) is 12.2 Å². The molecule has 0 aliphatic rings. The molecule has 26 heavy (non-hydrogen) atoms. The molecule has 0 aliphatic carbocycles. The highest BCUT2D eigenvalue weighted by Gasteiger charge is 2.23. The van der Waals surface area contributed by atoms with Crippen molar-refractivity contribution in [3.63, 3.8) is 0 Å². The first-order valence-corrected chi connectivity index (χ1v) is 8.40. The van der Waals surface area contributed by atoms with Gasteiger partial charge in [0.15, 0.2) is 0 Å². The number of nitrogens with one attached hydrogen (secondary N) is 2. The fourth-order valence-electron chi connectivity index (χ4n) is 2.03. The highest BCUT2D eigenvalue weighted by molar-refractivity contribution is 6.05. The van der Waals surface area contributed by atoms with Crippen LogP contribution in [0.3, 0.4) is 0 Å². The summed E-state index contributed by atoms with van der Waals surface area (Å²) in [5, 5.41) is 7.00. The third-order valence-electron chi connectivity index (χ3n) is 3.21. The highest BCUT2D eigenvalue weighted by Crippen LogP contribution is 2.10. The predicted octanol–water partition coefficient (Wildman–Crippen LogP) is 2.19. The Hall–Kier alpha value is -2.61. The average molecular weight is 364 g/mol. The van der Waals surface area contributed by atoms with Gasteiger partial charge in [-0.05, 0) is 46.2 Å². The highest BCUT2D eigenvalue weighted by atomic mass is 16.6. The van der Waals surface area contributed by atoms with Crippen molar-refractivity contribution in [2.24, 2.45) is 5.10 Å². The van der Waals surface area contributed by atoms with Gasteiger partial charge in [-0.2, -0.15) is 5.10 Å². The van der Waals surface area contributed by atoms with Gasteiger partial charge in [0.05, 0.1) is 12.3 Å². The van der Waals surface area contributed by atoms with Crippen LogP contribution >= 0.6 is 0 Å². The number of benzene rings is 1. The van der Waals surface area contributed by atoms with Crippen LogP contribution in [-0.2, 0) is 20.8 Å². The second-order valence-electron chi connectivity index (χ2n) is 6.63. The fourth-order valence-corrected chi connectivity index (χ4v) is 2.03. The zero-order chi connectivity index (χ0) is 19.7. The summed E-state index contributed by atoms with van der Waals surface area (Å²) in [6, 6.07) is 6.50. The molecule has 0 aliphatic heterocycles. The molecule has 0 aromatic heterocycles. The third-order valence-corrected chi connectivity index (χ3v) is 3.21. The maximum absolute atomic E-state index is 12.2. The Labute approximate surface area is 154 Å². The molecule has 4 N–H and O–H groups in total. The van der Waals surface area contributed by atoms with Crippen molar-refractivity contribution in [2.45, 2.75) is 52.8 Å². The summed E-state index contributed by atoms with van der Waals surface area (Å²) in [5.41, 5.74) is 9.35. The number of rotatable bonds is 7. The first-order chi connectivity index (χ1) is 12.1. The standard InChI is InChI=1S/C18H28N4O4/c1-6-25-16(23)15(20-11-13-9-7-8-10-14(13)19)12(2)21-22-17(24)26-18(3,4)5/h7-10,15,20H,6,11,19H2,1-5H3,(H,22,24)/b21-12+. The van der Waals surface area contributed by atoms with Crippen LogP contribution in [0.2, 0.25) is 0 Å². The monoisotopic (exact) mass is 364 g/mol. The predicted molar refractivity (Wildman–Crippen MR) is 101 cm³/mol. The molecule has 0 heterocycles. The fraction of sp³-hybridized carbons (Fsp3) is 0.500. The van der Waals surface area contributed by atoms with E-state index in [1.54, 1.807) is 40.7 Å². The summed E-state index contributed by atoms with van der Waals surface area (Å²) in [7, 11) is 0. The molecule has 0 spiro atoms. The molecule has 1 rings (SSSR count). The van der Waals surface area contributed by atoms with Crippen molar-refractivity contribution in [3.05, 3.63) is 29.8 Å². The lowest BCUT2D eigenvalue weighted by atomic mass is 10.1. The lowest BCUT2D eigenvalue weighted by molar-refractivity contribution is -0.143. The van der Waals surface area contributed by atoms with Crippen LogP contribution in [0.4, 0.5) is 10.5 Å². The Morgan fingerprint density at radius 2 is 1.92 bits per heavy atom. The number of nitrogens with zero attached hydrogens (tertiary/aromatic N) is 1. The van der Waals surface area contributed by atoms with E-state index >= 15 is 0 Å². The van der Waals surface area contributed by atoms with Crippen LogP contribution in [-0.4, -0.2) is 36.0 Å². The van der Waals surface area contributed by atoms with Crippen LogP contribution < -0.4 is 16.5 Å². The minimum Gasteiger partial charge on any atom is -0.465 e. The smallest absolute Gasteiger partial charge is 0.428 e. The molecule has 0 saturated heterocycles. The van der Waals surface area contributed by atoms with E-state index in [0.29, 0.717) is 17.9 Å². The molecule has 1 aromatic rings. The van der Waals surface area contributed by atoms with E-state index in [0.717, 1.165) is 5.56 Å². The average Bonchev–Trinajstić information content (AvgIpc) is 2.53.